The van der Waals surface area contributed by atoms with Crippen LogP contribution in [0, 0.1) is 6.92 Å². The van der Waals surface area contributed by atoms with Crippen molar-refractivity contribution in [2.24, 2.45) is 0 Å². The quantitative estimate of drug-likeness (QED) is 0.437. The smallest absolute Gasteiger partial charge is 0.274 e. The second kappa shape index (κ2) is 8.31. The lowest BCUT2D eigenvalue weighted by molar-refractivity contribution is 0.0700. The van der Waals surface area contributed by atoms with Crippen molar-refractivity contribution in [1.82, 2.24) is 19.7 Å². The van der Waals surface area contributed by atoms with Crippen LogP contribution in [0.4, 0.5) is 0 Å². The van der Waals surface area contributed by atoms with E-state index < -0.39 is 0 Å². The average molecular weight is 451 g/mol. The largest absolute Gasteiger partial charge is 0.494 e. The van der Waals surface area contributed by atoms with Crippen molar-refractivity contribution in [3.8, 4) is 11.4 Å². The van der Waals surface area contributed by atoms with Gasteiger partial charge in [-0.1, -0.05) is 17.7 Å². The van der Waals surface area contributed by atoms with Crippen LogP contribution in [0.5, 0.6) is 5.75 Å². The number of likely N-dealkylation sites (tertiary alicyclic amines) is 1. The van der Waals surface area contributed by atoms with E-state index in [9.17, 15) is 4.79 Å². The van der Waals surface area contributed by atoms with Crippen molar-refractivity contribution in [3.63, 3.8) is 0 Å². The number of carbonyl (C=O) groups excluding carboxylic acids is 1. The first kappa shape index (κ1) is 20.6. The Morgan fingerprint density at radius 1 is 1.16 bits per heavy atom. The summed E-state index contributed by atoms with van der Waals surface area (Å²) in [6.45, 7) is 3.27. The fourth-order valence-electron chi connectivity index (χ4n) is 4.14. The molecule has 0 radical (unpaired) electrons. The van der Waals surface area contributed by atoms with Crippen LogP contribution >= 0.6 is 11.6 Å². The lowest BCUT2D eigenvalue weighted by Gasteiger charge is -2.30. The van der Waals surface area contributed by atoms with Gasteiger partial charge in [0, 0.05) is 30.2 Å². The molecule has 2 aromatic heterocycles. The highest BCUT2D eigenvalue weighted by Gasteiger charge is 2.28. The number of aromatic nitrogens is 3. The minimum absolute atomic E-state index is 0.0711. The van der Waals surface area contributed by atoms with E-state index in [2.05, 4.69) is 10.1 Å². The minimum Gasteiger partial charge on any atom is -0.494 e. The number of piperidine rings is 1. The number of rotatable bonds is 4. The van der Waals surface area contributed by atoms with E-state index in [1.165, 1.54) is 0 Å². The molecule has 32 heavy (non-hydrogen) atoms. The van der Waals surface area contributed by atoms with Gasteiger partial charge < -0.3 is 14.1 Å². The van der Waals surface area contributed by atoms with Gasteiger partial charge in [0.05, 0.1) is 7.11 Å². The highest BCUT2D eigenvalue weighted by Crippen LogP contribution is 2.31. The number of ether oxygens (including phenoxy) is 1. The summed E-state index contributed by atoms with van der Waals surface area (Å²) in [5, 5.41) is 5.16. The Balaban J connectivity index is 1.28. The summed E-state index contributed by atoms with van der Waals surface area (Å²) in [4.78, 5) is 19.5. The Bertz CT molecular complexity index is 1290. The first-order valence-corrected chi connectivity index (χ1v) is 11.0. The number of nitrogens with zero attached hydrogens (tertiary/aromatic N) is 4. The zero-order chi connectivity index (χ0) is 22.2. The third kappa shape index (κ3) is 3.84. The second-order valence-electron chi connectivity index (χ2n) is 8.05. The molecule has 7 nitrogen and oxygen atoms in total. The van der Waals surface area contributed by atoms with Crippen LogP contribution in [0.15, 0.2) is 53.1 Å². The van der Waals surface area contributed by atoms with Crippen molar-refractivity contribution in [2.75, 3.05) is 20.2 Å². The SMILES string of the molecule is COc1ccc(C)cc1-n1ccc(C(=O)N2CCC(c3nc4cc(Cl)ccc4o3)CC2)n1. The first-order chi connectivity index (χ1) is 15.5. The molecule has 2 aromatic carbocycles. The molecule has 0 aliphatic carbocycles. The summed E-state index contributed by atoms with van der Waals surface area (Å²) in [5.41, 5.74) is 3.82. The Morgan fingerprint density at radius 2 is 1.97 bits per heavy atom. The summed E-state index contributed by atoms with van der Waals surface area (Å²) >= 11 is 6.05. The van der Waals surface area contributed by atoms with E-state index in [0.717, 1.165) is 35.2 Å². The molecule has 5 rings (SSSR count). The maximum atomic E-state index is 13.1. The fourth-order valence-corrected chi connectivity index (χ4v) is 4.30. The van der Waals surface area contributed by atoms with Gasteiger partial charge in [-0.05, 0) is 61.7 Å². The zero-order valence-corrected chi connectivity index (χ0v) is 18.7. The highest BCUT2D eigenvalue weighted by molar-refractivity contribution is 6.31. The molecule has 164 valence electrons. The molecule has 1 fully saturated rings. The maximum absolute atomic E-state index is 13.1. The molecule has 0 N–H and O–H groups in total. The normalized spacial score (nSPS) is 14.8. The van der Waals surface area contributed by atoms with E-state index in [1.54, 1.807) is 30.1 Å². The van der Waals surface area contributed by atoms with E-state index >= 15 is 0 Å². The summed E-state index contributed by atoms with van der Waals surface area (Å²) < 4.78 is 13.1. The predicted octanol–water partition coefficient (Wildman–Crippen LogP) is 5.00. The van der Waals surface area contributed by atoms with E-state index in [0.29, 0.717) is 35.4 Å². The van der Waals surface area contributed by atoms with Crippen molar-refractivity contribution >= 4 is 28.6 Å². The Morgan fingerprint density at radius 3 is 2.75 bits per heavy atom. The van der Waals surface area contributed by atoms with Crippen molar-refractivity contribution in [3.05, 3.63) is 70.8 Å². The molecule has 0 saturated carbocycles. The number of hydrogen-bond acceptors (Lipinski definition) is 5. The first-order valence-electron chi connectivity index (χ1n) is 10.6. The molecule has 0 spiro atoms. The number of fused-ring (bicyclic) bond motifs is 1. The van der Waals surface area contributed by atoms with E-state index in [-0.39, 0.29) is 11.8 Å². The summed E-state index contributed by atoms with van der Waals surface area (Å²) in [6.07, 6.45) is 3.37. The molecule has 0 atom stereocenters. The number of oxazole rings is 1. The molecule has 1 amide bonds. The van der Waals surface area contributed by atoms with Crippen molar-refractivity contribution in [2.45, 2.75) is 25.7 Å². The third-order valence-corrected chi connectivity index (χ3v) is 6.12. The maximum Gasteiger partial charge on any atom is 0.274 e. The van der Waals surface area contributed by atoms with Crippen molar-refractivity contribution < 1.29 is 13.9 Å². The van der Waals surface area contributed by atoms with Crippen molar-refractivity contribution in [1.29, 1.82) is 0 Å². The lowest BCUT2D eigenvalue weighted by atomic mass is 9.96. The van der Waals surface area contributed by atoms with Gasteiger partial charge in [0.2, 0.25) is 0 Å². The van der Waals surface area contributed by atoms with Crippen LogP contribution in [-0.4, -0.2) is 45.8 Å². The standard InChI is InChI=1S/C24H23ClN4O3/c1-15-3-5-22(31-2)20(13-15)29-12-9-18(27-29)24(30)28-10-7-16(8-11-28)23-26-19-14-17(25)4-6-21(19)32-23/h3-6,9,12-14,16H,7-8,10-11H2,1-2H3. The van der Waals surface area contributed by atoms with E-state index in [1.807, 2.05) is 42.2 Å². The molecule has 8 heteroatoms. The van der Waals surface area contributed by atoms with Gasteiger partial charge in [0.1, 0.15) is 17.0 Å². The molecule has 0 unspecified atom stereocenters. The minimum atomic E-state index is -0.0711. The average Bonchev–Trinajstić information content (AvgIpc) is 3.46. The van der Waals surface area contributed by atoms with Crippen LogP contribution in [0.25, 0.3) is 16.8 Å². The summed E-state index contributed by atoms with van der Waals surface area (Å²) in [5.74, 6) is 1.53. The van der Waals surface area contributed by atoms with Crippen LogP contribution in [-0.2, 0) is 0 Å². The number of carbonyl (C=O) groups is 1. The summed E-state index contributed by atoms with van der Waals surface area (Å²) in [6, 6.07) is 13.1. The monoisotopic (exact) mass is 450 g/mol. The van der Waals surface area contributed by atoms with Gasteiger partial charge >= 0.3 is 0 Å². The lowest BCUT2D eigenvalue weighted by Crippen LogP contribution is -2.38. The number of amides is 1. The third-order valence-electron chi connectivity index (χ3n) is 5.89. The summed E-state index contributed by atoms with van der Waals surface area (Å²) in [7, 11) is 1.62. The molecular formula is C24H23ClN4O3. The fraction of sp³-hybridized carbons (Fsp3) is 0.292. The number of benzene rings is 2. The van der Waals surface area contributed by atoms with Crippen LogP contribution in [0.3, 0.4) is 0 Å². The number of halogens is 1. The van der Waals surface area contributed by atoms with Gasteiger partial charge in [0.25, 0.3) is 5.91 Å². The van der Waals surface area contributed by atoms with Crippen LogP contribution in [0.1, 0.15) is 40.7 Å². The van der Waals surface area contributed by atoms with Gasteiger partial charge in [-0.2, -0.15) is 5.10 Å². The number of hydrogen-bond donors (Lipinski definition) is 0. The molecule has 1 aliphatic heterocycles. The van der Waals surface area contributed by atoms with E-state index in [4.69, 9.17) is 20.8 Å². The Kier molecular flexibility index (Phi) is 5.35. The molecule has 1 aliphatic rings. The molecule has 3 heterocycles. The molecular weight excluding hydrogens is 428 g/mol. The molecule has 4 aromatic rings. The van der Waals surface area contributed by atoms with Gasteiger partial charge in [-0.25, -0.2) is 9.67 Å². The predicted molar refractivity (Wildman–Crippen MR) is 122 cm³/mol. The van der Waals surface area contributed by atoms with Crippen LogP contribution in [0.2, 0.25) is 5.02 Å². The Hall–Kier alpha value is -3.32. The van der Waals surface area contributed by atoms with Gasteiger partial charge in [-0.3, -0.25) is 4.79 Å². The Labute approximate surface area is 190 Å². The molecule has 0 bridgehead atoms. The molecule has 1 saturated heterocycles. The topological polar surface area (TPSA) is 73.4 Å². The van der Waals surface area contributed by atoms with Gasteiger partial charge in [0.15, 0.2) is 17.2 Å². The highest BCUT2D eigenvalue weighted by atomic mass is 35.5. The number of aryl methyl sites for hydroxylation is 1. The van der Waals surface area contributed by atoms with Crippen LogP contribution < -0.4 is 4.74 Å². The van der Waals surface area contributed by atoms with Gasteiger partial charge in [-0.15, -0.1) is 0 Å². The second-order valence-corrected chi connectivity index (χ2v) is 8.49. The number of methoxy groups -OCH3 is 1. The zero-order valence-electron chi connectivity index (χ0n) is 17.9.